The lowest BCUT2D eigenvalue weighted by Crippen LogP contribution is -2.39. The van der Waals surface area contributed by atoms with Crippen molar-refractivity contribution in [3.63, 3.8) is 0 Å². The molecule has 1 aromatic heterocycles. The van der Waals surface area contributed by atoms with Crippen LogP contribution in [0.1, 0.15) is 17.2 Å². The maximum absolute atomic E-state index is 12.5. The Kier molecular flexibility index (Phi) is 3.22. The van der Waals surface area contributed by atoms with E-state index in [9.17, 15) is 4.79 Å². The predicted octanol–water partition coefficient (Wildman–Crippen LogP) is 3.25. The maximum Gasteiger partial charge on any atom is 0.273 e. The minimum absolute atomic E-state index is 0.110. The average Bonchev–Trinajstić information content (AvgIpc) is 2.43. The molecule has 2 aromatic rings. The van der Waals surface area contributed by atoms with Crippen LogP contribution in [0.15, 0.2) is 41.0 Å². The fourth-order valence-electron chi connectivity index (χ4n) is 2.29. The Labute approximate surface area is 125 Å². The molecule has 1 unspecified atom stereocenters. The van der Waals surface area contributed by atoms with Crippen molar-refractivity contribution in [3.8, 4) is 5.75 Å². The molecule has 1 aliphatic heterocycles. The number of nitrogens with zero attached hydrogens (tertiary/aromatic N) is 2. The number of fused-ring (bicyclic) bond motifs is 1. The summed E-state index contributed by atoms with van der Waals surface area (Å²) in [5, 5.41) is 0. The molecule has 102 valence electrons. The van der Waals surface area contributed by atoms with E-state index in [4.69, 9.17) is 4.74 Å². The van der Waals surface area contributed by atoms with E-state index < -0.39 is 6.10 Å². The number of ether oxygens (including phenoxy) is 1. The Hall–Kier alpha value is -1.88. The van der Waals surface area contributed by atoms with Crippen molar-refractivity contribution in [3.05, 3.63) is 52.1 Å². The lowest BCUT2D eigenvalue weighted by molar-refractivity contribution is -0.126. The highest BCUT2D eigenvalue weighted by molar-refractivity contribution is 9.10. The summed E-state index contributed by atoms with van der Waals surface area (Å²) in [6.45, 7) is 1.97. The number of pyridine rings is 1. The number of halogens is 1. The van der Waals surface area contributed by atoms with Crippen LogP contribution in [0.5, 0.6) is 5.75 Å². The van der Waals surface area contributed by atoms with Crippen LogP contribution in [0.25, 0.3) is 0 Å². The fourth-order valence-corrected chi connectivity index (χ4v) is 2.60. The lowest BCUT2D eigenvalue weighted by atomic mass is 10.0. The molecule has 0 radical (unpaired) electrons. The van der Waals surface area contributed by atoms with Crippen LogP contribution in [-0.4, -0.2) is 17.9 Å². The number of likely N-dealkylation sites (N-methyl/N-ethyl adjacent to an activating group) is 1. The number of hydrogen-bond donors (Lipinski definition) is 0. The Balaban J connectivity index is 2.08. The molecule has 20 heavy (non-hydrogen) atoms. The van der Waals surface area contributed by atoms with E-state index in [-0.39, 0.29) is 5.91 Å². The van der Waals surface area contributed by atoms with Crippen molar-refractivity contribution < 1.29 is 9.53 Å². The van der Waals surface area contributed by atoms with Crippen LogP contribution in [0.4, 0.5) is 5.82 Å². The fraction of sp³-hybridized carbons (Fsp3) is 0.200. The molecule has 0 spiro atoms. The average molecular weight is 333 g/mol. The number of benzene rings is 1. The van der Waals surface area contributed by atoms with Crippen molar-refractivity contribution >= 4 is 27.7 Å². The zero-order valence-electron chi connectivity index (χ0n) is 11.1. The molecule has 2 heterocycles. The third-order valence-electron chi connectivity index (χ3n) is 3.39. The molecule has 0 saturated heterocycles. The molecular weight excluding hydrogens is 320 g/mol. The first-order valence-corrected chi connectivity index (χ1v) is 7.02. The quantitative estimate of drug-likeness (QED) is 0.805. The molecule has 1 atom stereocenters. The first kappa shape index (κ1) is 13.1. The largest absolute Gasteiger partial charge is 0.472 e. The van der Waals surface area contributed by atoms with E-state index >= 15 is 0 Å². The highest BCUT2D eigenvalue weighted by Crippen LogP contribution is 2.38. The molecule has 0 bridgehead atoms. The van der Waals surface area contributed by atoms with Gasteiger partial charge >= 0.3 is 0 Å². The molecule has 1 aliphatic rings. The standard InChI is InChI=1S/C15H13BrN2O2/c1-9-5-3-4-6-11(9)13-15(19)18(2)14-12(20-13)7-10(16)8-17-14/h3-8,13H,1-2H3. The number of anilines is 1. The van der Waals surface area contributed by atoms with Gasteiger partial charge in [0.15, 0.2) is 11.6 Å². The van der Waals surface area contributed by atoms with Gasteiger partial charge in [-0.2, -0.15) is 0 Å². The van der Waals surface area contributed by atoms with Crippen molar-refractivity contribution in [2.75, 3.05) is 11.9 Å². The summed E-state index contributed by atoms with van der Waals surface area (Å²) in [6.07, 6.45) is 1.03. The van der Waals surface area contributed by atoms with Gasteiger partial charge in [-0.1, -0.05) is 24.3 Å². The summed E-state index contributed by atoms with van der Waals surface area (Å²) in [7, 11) is 1.72. The molecule has 0 aliphatic carbocycles. The van der Waals surface area contributed by atoms with Crippen LogP contribution in [0.2, 0.25) is 0 Å². The molecule has 1 amide bonds. The smallest absolute Gasteiger partial charge is 0.273 e. The van der Waals surface area contributed by atoms with Crippen molar-refractivity contribution in [2.45, 2.75) is 13.0 Å². The molecule has 3 rings (SSSR count). The number of hydrogen-bond acceptors (Lipinski definition) is 3. The predicted molar refractivity (Wildman–Crippen MR) is 79.9 cm³/mol. The van der Waals surface area contributed by atoms with Gasteiger partial charge in [0, 0.05) is 23.3 Å². The lowest BCUT2D eigenvalue weighted by Gasteiger charge is -2.31. The number of aryl methyl sites for hydroxylation is 1. The third-order valence-corrected chi connectivity index (χ3v) is 3.82. The van der Waals surface area contributed by atoms with E-state index in [2.05, 4.69) is 20.9 Å². The van der Waals surface area contributed by atoms with Gasteiger partial charge in [-0.05, 0) is 34.5 Å². The SMILES string of the molecule is Cc1ccccc1C1Oc2cc(Br)cnc2N(C)C1=O. The first-order chi connectivity index (χ1) is 9.58. The van der Waals surface area contributed by atoms with Crippen LogP contribution < -0.4 is 9.64 Å². The summed E-state index contributed by atoms with van der Waals surface area (Å²) < 4.78 is 6.70. The highest BCUT2D eigenvalue weighted by atomic mass is 79.9. The second-order valence-corrected chi connectivity index (χ2v) is 5.64. The van der Waals surface area contributed by atoms with Crippen LogP contribution in [0, 0.1) is 6.92 Å². The number of amides is 1. The minimum atomic E-state index is -0.621. The van der Waals surface area contributed by atoms with Crippen LogP contribution in [0.3, 0.4) is 0 Å². The Bertz CT molecular complexity index is 687. The van der Waals surface area contributed by atoms with Gasteiger partial charge in [-0.15, -0.1) is 0 Å². The van der Waals surface area contributed by atoms with E-state index in [0.29, 0.717) is 11.6 Å². The maximum atomic E-state index is 12.5. The van der Waals surface area contributed by atoms with Gasteiger partial charge in [-0.3, -0.25) is 9.69 Å². The summed E-state index contributed by atoms with van der Waals surface area (Å²) in [5.74, 6) is 1.04. The van der Waals surface area contributed by atoms with E-state index in [0.717, 1.165) is 15.6 Å². The molecule has 0 N–H and O–H groups in total. The molecule has 1 aromatic carbocycles. The highest BCUT2D eigenvalue weighted by Gasteiger charge is 2.35. The van der Waals surface area contributed by atoms with Gasteiger partial charge in [0.25, 0.3) is 5.91 Å². The minimum Gasteiger partial charge on any atom is -0.472 e. The van der Waals surface area contributed by atoms with E-state index in [1.54, 1.807) is 18.1 Å². The molecular formula is C15H13BrN2O2. The van der Waals surface area contributed by atoms with Gasteiger partial charge < -0.3 is 4.74 Å². The summed E-state index contributed by atoms with van der Waals surface area (Å²) in [4.78, 5) is 18.3. The van der Waals surface area contributed by atoms with Gasteiger partial charge in [0.2, 0.25) is 6.10 Å². The van der Waals surface area contributed by atoms with Crippen molar-refractivity contribution in [2.24, 2.45) is 0 Å². The van der Waals surface area contributed by atoms with Gasteiger partial charge in [0.1, 0.15) is 0 Å². The normalized spacial score (nSPS) is 17.6. The molecule has 4 nitrogen and oxygen atoms in total. The second-order valence-electron chi connectivity index (χ2n) is 4.73. The zero-order valence-corrected chi connectivity index (χ0v) is 12.7. The van der Waals surface area contributed by atoms with Crippen molar-refractivity contribution in [1.29, 1.82) is 0 Å². The number of carbonyl (C=O) groups excluding carboxylic acids is 1. The molecule has 0 fully saturated rings. The number of rotatable bonds is 1. The number of carbonyl (C=O) groups is 1. The summed E-state index contributed by atoms with van der Waals surface area (Å²) >= 11 is 3.37. The first-order valence-electron chi connectivity index (χ1n) is 6.23. The second kappa shape index (κ2) is 4.90. The molecule has 5 heteroatoms. The zero-order chi connectivity index (χ0) is 14.3. The monoisotopic (exact) mass is 332 g/mol. The van der Waals surface area contributed by atoms with E-state index in [1.165, 1.54) is 0 Å². The Morgan fingerprint density at radius 3 is 2.85 bits per heavy atom. The third kappa shape index (κ3) is 2.08. The van der Waals surface area contributed by atoms with E-state index in [1.807, 2.05) is 37.3 Å². The van der Waals surface area contributed by atoms with Gasteiger partial charge in [0.05, 0.1) is 0 Å². The summed E-state index contributed by atoms with van der Waals surface area (Å²) in [6, 6.07) is 9.58. The summed E-state index contributed by atoms with van der Waals surface area (Å²) in [5.41, 5.74) is 1.92. The van der Waals surface area contributed by atoms with Crippen LogP contribution in [-0.2, 0) is 4.79 Å². The Morgan fingerprint density at radius 1 is 1.35 bits per heavy atom. The topological polar surface area (TPSA) is 42.4 Å². The van der Waals surface area contributed by atoms with Crippen LogP contribution >= 0.6 is 15.9 Å². The van der Waals surface area contributed by atoms with Crippen molar-refractivity contribution in [1.82, 2.24) is 4.98 Å². The number of aromatic nitrogens is 1. The molecule has 0 saturated carbocycles. The van der Waals surface area contributed by atoms with Gasteiger partial charge in [-0.25, -0.2) is 4.98 Å². The Morgan fingerprint density at radius 2 is 2.10 bits per heavy atom.